The minimum atomic E-state index is 0.453. The second kappa shape index (κ2) is 4.10. The van der Waals surface area contributed by atoms with Gasteiger partial charge in [0, 0.05) is 13.0 Å². The highest BCUT2D eigenvalue weighted by molar-refractivity contribution is 5.35. The molecule has 3 nitrogen and oxygen atoms in total. The van der Waals surface area contributed by atoms with Crippen molar-refractivity contribution in [3.8, 4) is 6.07 Å². The Labute approximate surface area is 121 Å². The number of aromatic nitrogens is 2. The van der Waals surface area contributed by atoms with Gasteiger partial charge in [0.25, 0.3) is 0 Å². The summed E-state index contributed by atoms with van der Waals surface area (Å²) in [7, 11) is 1.99. The Morgan fingerprint density at radius 1 is 1.25 bits per heavy atom. The zero-order valence-electron chi connectivity index (χ0n) is 12.5. The van der Waals surface area contributed by atoms with Gasteiger partial charge in [-0.3, -0.25) is 4.68 Å². The van der Waals surface area contributed by atoms with Gasteiger partial charge in [0.2, 0.25) is 0 Å². The molecule has 1 heterocycles. The van der Waals surface area contributed by atoms with E-state index in [1.54, 1.807) is 6.20 Å². The van der Waals surface area contributed by atoms with E-state index in [-0.39, 0.29) is 0 Å². The number of nitrogens with zero attached hydrogens (tertiary/aromatic N) is 3. The summed E-state index contributed by atoms with van der Waals surface area (Å²) in [5, 5.41) is 13.7. The molecule has 4 fully saturated rings. The molecule has 1 aromatic rings. The van der Waals surface area contributed by atoms with Gasteiger partial charge in [-0.25, -0.2) is 0 Å². The van der Waals surface area contributed by atoms with E-state index >= 15 is 0 Å². The third kappa shape index (κ3) is 1.60. The number of hydrogen-bond acceptors (Lipinski definition) is 2. The highest BCUT2D eigenvalue weighted by Gasteiger charge is 2.54. The maximum absolute atomic E-state index is 9.36. The summed E-state index contributed by atoms with van der Waals surface area (Å²) in [6, 6.07) is 2.35. The Morgan fingerprint density at radius 2 is 1.80 bits per heavy atom. The van der Waals surface area contributed by atoms with Crippen molar-refractivity contribution in [2.75, 3.05) is 0 Å². The van der Waals surface area contributed by atoms with Gasteiger partial charge in [-0.05, 0) is 61.7 Å². The molecule has 20 heavy (non-hydrogen) atoms. The lowest BCUT2D eigenvalue weighted by Crippen LogP contribution is -2.48. The number of aryl methyl sites for hydroxylation is 1. The van der Waals surface area contributed by atoms with Gasteiger partial charge in [-0.1, -0.05) is 6.92 Å². The molecule has 1 atom stereocenters. The fourth-order valence-electron chi connectivity index (χ4n) is 6.04. The number of nitriles is 1. The highest BCUT2D eigenvalue weighted by atomic mass is 15.3. The van der Waals surface area contributed by atoms with Gasteiger partial charge in [0.1, 0.15) is 6.07 Å². The molecule has 3 heteroatoms. The maximum Gasteiger partial charge on any atom is 0.103 e. The molecule has 0 amide bonds. The van der Waals surface area contributed by atoms with Gasteiger partial charge in [0.05, 0.1) is 17.5 Å². The highest BCUT2D eigenvalue weighted by Crippen LogP contribution is 2.64. The van der Waals surface area contributed by atoms with E-state index in [4.69, 9.17) is 0 Å². The Balaban J connectivity index is 1.73. The topological polar surface area (TPSA) is 41.6 Å². The molecule has 4 bridgehead atoms. The van der Waals surface area contributed by atoms with E-state index in [0.29, 0.717) is 11.3 Å². The van der Waals surface area contributed by atoms with Gasteiger partial charge in [-0.15, -0.1) is 0 Å². The normalized spacial score (nSPS) is 39.8. The van der Waals surface area contributed by atoms with Crippen LogP contribution in [-0.4, -0.2) is 9.78 Å². The van der Waals surface area contributed by atoms with Crippen molar-refractivity contribution < 1.29 is 0 Å². The van der Waals surface area contributed by atoms with Crippen molar-refractivity contribution in [1.29, 1.82) is 5.26 Å². The molecule has 106 valence electrons. The Kier molecular flexibility index (Phi) is 2.55. The second-order valence-electron chi connectivity index (χ2n) is 7.68. The Bertz CT molecular complexity index is 542. The van der Waals surface area contributed by atoms with E-state index in [0.717, 1.165) is 23.3 Å². The fraction of sp³-hybridized carbons (Fsp3) is 0.765. The molecule has 0 radical (unpaired) electrons. The minimum absolute atomic E-state index is 0.453. The molecule has 0 aromatic carbocycles. The Hall–Kier alpha value is -1.30. The number of rotatable bonds is 2. The zero-order valence-corrected chi connectivity index (χ0v) is 12.5. The monoisotopic (exact) mass is 269 g/mol. The summed E-state index contributed by atoms with van der Waals surface area (Å²) in [6.45, 7) is 2.35. The first kappa shape index (κ1) is 12.4. The van der Waals surface area contributed by atoms with Crippen LogP contribution in [0.1, 0.15) is 62.6 Å². The van der Waals surface area contributed by atoms with Crippen molar-refractivity contribution in [1.82, 2.24) is 9.78 Å². The van der Waals surface area contributed by atoms with Crippen molar-refractivity contribution >= 4 is 0 Å². The van der Waals surface area contributed by atoms with Crippen LogP contribution in [0.3, 0.4) is 0 Å². The third-order valence-electron chi connectivity index (χ3n) is 6.52. The predicted molar refractivity (Wildman–Crippen MR) is 76.9 cm³/mol. The zero-order chi connectivity index (χ0) is 13.9. The van der Waals surface area contributed by atoms with Crippen LogP contribution in [0.2, 0.25) is 0 Å². The van der Waals surface area contributed by atoms with Gasteiger partial charge < -0.3 is 0 Å². The lowest BCUT2D eigenvalue weighted by atomic mass is 9.46. The molecule has 0 N–H and O–H groups in total. The summed E-state index contributed by atoms with van der Waals surface area (Å²) in [5.41, 5.74) is 2.42. The molecule has 0 saturated heterocycles. The SMILES string of the molecule is CC(c1c(C#N)cnn1C)C12CC3CC(CC(C3)C1)C2. The van der Waals surface area contributed by atoms with E-state index in [2.05, 4.69) is 18.1 Å². The van der Waals surface area contributed by atoms with Crippen molar-refractivity contribution in [2.24, 2.45) is 30.2 Å². The molecule has 4 saturated carbocycles. The molecular weight excluding hydrogens is 246 g/mol. The van der Waals surface area contributed by atoms with Crippen molar-refractivity contribution in [2.45, 2.75) is 51.4 Å². The van der Waals surface area contributed by atoms with Crippen LogP contribution in [-0.2, 0) is 7.05 Å². The van der Waals surface area contributed by atoms with Crippen LogP contribution < -0.4 is 0 Å². The molecule has 4 aliphatic carbocycles. The van der Waals surface area contributed by atoms with Crippen LogP contribution in [0.4, 0.5) is 0 Å². The van der Waals surface area contributed by atoms with Crippen molar-refractivity contribution in [3.05, 3.63) is 17.5 Å². The first-order valence-electron chi connectivity index (χ1n) is 8.03. The van der Waals surface area contributed by atoms with Crippen LogP contribution in [0, 0.1) is 34.5 Å². The van der Waals surface area contributed by atoms with Crippen molar-refractivity contribution in [3.63, 3.8) is 0 Å². The fourth-order valence-corrected chi connectivity index (χ4v) is 6.04. The summed E-state index contributed by atoms with van der Waals surface area (Å²) in [6.07, 6.45) is 10.3. The molecule has 0 spiro atoms. The van der Waals surface area contributed by atoms with Crippen LogP contribution in [0.25, 0.3) is 0 Å². The lowest BCUT2D eigenvalue weighted by molar-refractivity contribution is -0.0668. The number of hydrogen-bond donors (Lipinski definition) is 0. The first-order chi connectivity index (χ1) is 9.61. The average Bonchev–Trinajstić information content (AvgIpc) is 2.77. The largest absolute Gasteiger partial charge is 0.271 e. The third-order valence-corrected chi connectivity index (χ3v) is 6.52. The van der Waals surface area contributed by atoms with Gasteiger partial charge in [0.15, 0.2) is 0 Å². The van der Waals surface area contributed by atoms with Crippen LogP contribution in [0.5, 0.6) is 0 Å². The molecule has 4 aliphatic rings. The summed E-state index contributed by atoms with van der Waals surface area (Å²) in [5.74, 6) is 3.35. The molecule has 1 unspecified atom stereocenters. The molecular formula is C17H23N3. The quantitative estimate of drug-likeness (QED) is 0.823. The summed E-state index contributed by atoms with van der Waals surface area (Å²) < 4.78 is 1.95. The molecule has 5 rings (SSSR count). The maximum atomic E-state index is 9.36. The minimum Gasteiger partial charge on any atom is -0.271 e. The Morgan fingerprint density at radius 3 is 2.30 bits per heavy atom. The van der Waals surface area contributed by atoms with Crippen LogP contribution >= 0.6 is 0 Å². The van der Waals surface area contributed by atoms with E-state index in [1.807, 2.05) is 11.7 Å². The summed E-state index contributed by atoms with van der Waals surface area (Å²) >= 11 is 0. The molecule has 0 aliphatic heterocycles. The second-order valence-corrected chi connectivity index (χ2v) is 7.68. The van der Waals surface area contributed by atoms with E-state index in [1.165, 1.54) is 44.2 Å². The van der Waals surface area contributed by atoms with E-state index < -0.39 is 0 Å². The van der Waals surface area contributed by atoms with Crippen LogP contribution in [0.15, 0.2) is 6.20 Å². The standard InChI is InChI=1S/C17H23N3/c1-11(16-15(9-18)10-19-20(16)2)17-6-12-3-13(7-17)5-14(4-12)8-17/h10-14H,3-8H2,1-2H3. The lowest BCUT2D eigenvalue weighted by Gasteiger charge is -2.59. The molecule has 1 aromatic heterocycles. The summed E-state index contributed by atoms with van der Waals surface area (Å²) in [4.78, 5) is 0. The average molecular weight is 269 g/mol. The van der Waals surface area contributed by atoms with Gasteiger partial charge in [-0.2, -0.15) is 10.4 Å². The first-order valence-corrected chi connectivity index (χ1v) is 8.03. The van der Waals surface area contributed by atoms with E-state index in [9.17, 15) is 5.26 Å². The smallest absolute Gasteiger partial charge is 0.103 e. The predicted octanol–water partition coefficient (Wildman–Crippen LogP) is 3.61. The van der Waals surface area contributed by atoms with Gasteiger partial charge >= 0.3 is 0 Å².